The highest BCUT2D eigenvalue weighted by molar-refractivity contribution is 5.99. The van der Waals surface area contributed by atoms with Crippen LogP contribution in [-0.4, -0.2) is 212 Å². The Morgan fingerprint density at radius 2 is 0.774 bits per heavy atom. The lowest BCUT2D eigenvalue weighted by Crippen LogP contribution is -2.82. The maximum atomic E-state index is 15.7. The van der Waals surface area contributed by atoms with Gasteiger partial charge in [-0.25, -0.2) is 19.2 Å². The van der Waals surface area contributed by atoms with E-state index in [1.54, 1.807) is 192 Å². The number of hydrogen-bond donors (Lipinski definition) is 7. The Morgan fingerprint density at radius 3 is 1.13 bits per heavy atom. The third-order valence-electron chi connectivity index (χ3n) is 28.4. The van der Waals surface area contributed by atoms with E-state index >= 15 is 14.4 Å². The van der Waals surface area contributed by atoms with Crippen molar-refractivity contribution in [2.45, 2.75) is 223 Å². The van der Waals surface area contributed by atoms with Gasteiger partial charge >= 0.3 is 47.8 Å². The highest BCUT2D eigenvalue weighted by Crippen LogP contribution is 2.67. The number of rotatable bonds is 25. The number of Topliss-reactive ketones (excluding diaryl/α,β-unsaturated/α-hetero) is 2. The van der Waals surface area contributed by atoms with Crippen LogP contribution in [0.1, 0.15) is 179 Å². The van der Waals surface area contributed by atoms with Crippen LogP contribution in [0.15, 0.2) is 235 Å². The molecule has 702 valence electrons. The number of ketones is 2. The van der Waals surface area contributed by atoms with E-state index < -0.39 is 232 Å². The number of amides is 2. The fourth-order valence-electron chi connectivity index (χ4n) is 21.4. The molecular weight excluding hydrogens is 1720 g/mol. The Kier molecular flexibility index (Phi) is 27.9. The smallest absolute Gasteiger partial charge is 0.338 e. The summed E-state index contributed by atoms with van der Waals surface area (Å²) < 4.78 is 73.5. The summed E-state index contributed by atoms with van der Waals surface area (Å²) in [6, 6.07) is 55.9. The van der Waals surface area contributed by atoms with Gasteiger partial charge in [-0.3, -0.25) is 38.4 Å². The van der Waals surface area contributed by atoms with Crippen LogP contribution >= 0.6 is 0 Å². The van der Waals surface area contributed by atoms with Gasteiger partial charge in [-0.05, 0) is 115 Å². The predicted octanol–water partition coefficient (Wildman–Crippen LogP) is 9.67. The van der Waals surface area contributed by atoms with Crippen molar-refractivity contribution in [3.8, 4) is 0 Å². The van der Waals surface area contributed by atoms with Gasteiger partial charge < -0.3 is 93.0 Å². The van der Waals surface area contributed by atoms with Crippen molar-refractivity contribution in [3.05, 3.63) is 274 Å². The highest BCUT2D eigenvalue weighted by atomic mass is 16.7. The summed E-state index contributed by atoms with van der Waals surface area (Å²) in [7, 11) is 0. The summed E-state index contributed by atoms with van der Waals surface area (Å²) in [5, 5.41) is 69.4. The fraction of sp³-hybridized carbons (Fsp3) is 0.431. The maximum absolute atomic E-state index is 15.7. The number of benzene rings is 7. The zero-order valence-corrected chi connectivity index (χ0v) is 75.6. The number of nitrogens with one attached hydrogen (secondary N) is 2. The second kappa shape index (κ2) is 38.4. The van der Waals surface area contributed by atoms with Gasteiger partial charge in [-0.15, -0.1) is 0 Å². The molecule has 133 heavy (non-hydrogen) atoms. The molecule has 2 amide bonds. The van der Waals surface area contributed by atoms with Crippen molar-refractivity contribution in [3.63, 3.8) is 0 Å². The molecule has 2 aliphatic heterocycles. The van der Waals surface area contributed by atoms with Gasteiger partial charge in [0, 0.05) is 75.3 Å². The van der Waals surface area contributed by atoms with E-state index in [4.69, 9.17) is 56.8 Å². The van der Waals surface area contributed by atoms with E-state index in [1.807, 2.05) is 30.3 Å². The van der Waals surface area contributed by atoms with Gasteiger partial charge in [0.1, 0.15) is 54.6 Å². The summed E-state index contributed by atoms with van der Waals surface area (Å²) in [4.78, 5) is 169. The van der Waals surface area contributed by atoms with E-state index in [0.29, 0.717) is 16.7 Å². The zero-order valence-electron chi connectivity index (χ0n) is 75.6. The molecule has 0 radical (unpaired) electrons. The number of carbonyl (C=O) groups excluding carboxylic acids is 12. The zero-order chi connectivity index (χ0) is 95.8. The molecule has 0 spiro atoms. The first kappa shape index (κ1) is 96.7. The summed E-state index contributed by atoms with van der Waals surface area (Å²) in [5.74, 6) is -13.4. The summed E-state index contributed by atoms with van der Waals surface area (Å²) >= 11 is 0. The van der Waals surface area contributed by atoms with Gasteiger partial charge in [-0.1, -0.05) is 191 Å². The largest absolute Gasteiger partial charge is 0.456 e. The SMILES string of the molecule is CC(=O)O[C@H]1C(=O)[C@@]2(C)[C@H]([C@H](OC(=O)c3ccccc3)[C@]3(O)C[C@H](OC(=O)[C@H](O)[C@@H](NC(=O)c4ccccc4)c4ccccc4)C(C)=C1C3(C)C)[C@]1(OC(C)=O)CO[C@@H]1C[C@@H]2O.CC(=O)O[C@H]1C(=O)[C@@]2(C)[C@H]([C@H](OC(=O)c3ccccc3)[C@]3(O)C[C@H](OC(=O)[C@H](OCOCc4ccccc4)[C@@H](NC(=O)c4ccccc4)c4ccccc4)C(C)=C1C3(C)C)[C@]1(OC(C)=O)CO[C@@H]1C[C@@H]2O. The number of fused-ring (bicyclic) bond motifs is 10. The van der Waals surface area contributed by atoms with Gasteiger partial charge in [-0.2, -0.15) is 0 Å². The van der Waals surface area contributed by atoms with Crippen molar-refractivity contribution in [1.29, 1.82) is 0 Å². The van der Waals surface area contributed by atoms with E-state index in [1.165, 1.54) is 52.0 Å². The van der Waals surface area contributed by atoms with Gasteiger partial charge in [0.2, 0.25) is 0 Å². The number of aliphatic hydroxyl groups excluding tert-OH is 3. The van der Waals surface area contributed by atoms with Crippen LogP contribution in [0.3, 0.4) is 0 Å². The lowest BCUT2D eigenvalue weighted by Gasteiger charge is -2.67. The van der Waals surface area contributed by atoms with Gasteiger partial charge in [0.05, 0.1) is 77.9 Å². The van der Waals surface area contributed by atoms with Crippen LogP contribution in [-0.2, 0) is 102 Å². The molecule has 31 nitrogen and oxygen atoms in total. The number of esters is 8. The van der Waals surface area contributed by atoms with Crippen LogP contribution in [0.5, 0.6) is 0 Å². The highest BCUT2D eigenvalue weighted by Gasteiger charge is 2.81. The average molecular weight is 1830 g/mol. The molecule has 6 aliphatic carbocycles. The molecule has 2 saturated heterocycles. The van der Waals surface area contributed by atoms with Gasteiger partial charge in [0.25, 0.3) is 11.8 Å². The summed E-state index contributed by atoms with van der Waals surface area (Å²) in [6.45, 7) is 15.8. The van der Waals surface area contributed by atoms with Crippen molar-refractivity contribution in [1.82, 2.24) is 10.6 Å². The van der Waals surface area contributed by atoms with Gasteiger partial charge in [0.15, 0.2) is 47.2 Å². The molecule has 2 heterocycles. The molecule has 7 N–H and O–H groups in total. The van der Waals surface area contributed by atoms with Crippen molar-refractivity contribution in [2.75, 3.05) is 20.0 Å². The lowest BCUT2D eigenvalue weighted by molar-refractivity contribution is -0.346. The summed E-state index contributed by atoms with van der Waals surface area (Å²) in [5.41, 5.74) is -13.1. The predicted molar refractivity (Wildman–Crippen MR) is 470 cm³/mol. The van der Waals surface area contributed by atoms with E-state index in [9.17, 15) is 68.7 Å². The van der Waals surface area contributed by atoms with Crippen molar-refractivity contribution in [2.24, 2.45) is 33.5 Å². The van der Waals surface area contributed by atoms with Crippen LogP contribution in [0.25, 0.3) is 0 Å². The number of aliphatic hydroxyl groups is 5. The maximum Gasteiger partial charge on any atom is 0.338 e. The average Bonchev–Trinajstić information content (AvgIpc) is 0.670. The standard InChI is InChI=1S/C55H59NO15.C47H51NO14/c1-32-39(69-51(63)45(67-31-65-29-35-19-11-7-12-20-35)43(36-21-13-8-14-22-36)56-49(61)37-23-15-9-16-24-37)28-55(64)48(70-50(62)38-25-17-10-18-26-38)46-53(6,40(59)27-41-54(46,30-66-41)71-34(3)58)47(60)44(68-33(2)57)42(32)52(55,4)5;1-25-31(60-43(56)36(52)35(28-16-10-7-11-17-28)48-41(54)29-18-12-8-13-19-29)23-47(57)40(61-42(55)30-20-14-9-15-21-30)38-45(6,32(51)22-33-46(38,24-58-33)62-27(3)50)39(53)37(59-26(2)49)34(25)44(47,4)5/h7-26,39-41,43-46,48,59,64H,27-31H2,1-6H3,(H,56,61);7-21,31-33,35-38,40,51-52,57H,22-24H2,1-6H3,(H,48,54)/t39-,40-,41+,43-,44+,45+,46-,48-,53+,54-,55+;31-,32-,33+,35-,36+,37+,38-,40-,45+,46-,47+/m00/s1. The van der Waals surface area contributed by atoms with Crippen LogP contribution in [0.4, 0.5) is 0 Å². The second-order valence-electron chi connectivity index (χ2n) is 36.8. The topological polar surface area (TPSA) is 441 Å². The van der Waals surface area contributed by atoms with E-state index in [2.05, 4.69) is 10.6 Å². The van der Waals surface area contributed by atoms with Crippen LogP contribution in [0.2, 0.25) is 0 Å². The van der Waals surface area contributed by atoms with Crippen molar-refractivity contribution >= 4 is 71.1 Å². The quantitative estimate of drug-likeness (QED) is 0.00919. The molecule has 4 saturated carbocycles. The van der Waals surface area contributed by atoms with E-state index in [-0.39, 0.29) is 71.6 Å². The molecule has 7 aromatic carbocycles. The Labute approximate surface area is 768 Å². The molecule has 15 rings (SSSR count). The first-order valence-corrected chi connectivity index (χ1v) is 44.1. The lowest BCUT2D eigenvalue weighted by atomic mass is 9.44. The van der Waals surface area contributed by atoms with Crippen molar-refractivity contribution < 1.29 is 140 Å². The number of hydrogen-bond acceptors (Lipinski definition) is 29. The molecule has 0 aromatic heterocycles. The summed E-state index contributed by atoms with van der Waals surface area (Å²) in [6.07, 6.45) is -20.6. The monoisotopic (exact) mass is 1830 g/mol. The minimum Gasteiger partial charge on any atom is -0.456 e. The Bertz CT molecular complexity index is 5630. The molecule has 0 unspecified atom stereocenters. The molecule has 22 atom stereocenters. The Hall–Kier alpha value is -12.3. The second-order valence-corrected chi connectivity index (χ2v) is 36.8. The minimum atomic E-state index is -2.40. The van der Waals surface area contributed by atoms with Crippen LogP contribution in [0, 0.1) is 33.5 Å². The Balaban J connectivity index is 0.000000216. The third-order valence-corrected chi connectivity index (χ3v) is 28.4. The number of ether oxygens (including phenoxy) is 12. The molecular formula is C102H110N2O29. The molecule has 4 bridgehead atoms. The molecule has 7 aromatic rings. The molecule has 8 aliphatic rings. The van der Waals surface area contributed by atoms with E-state index in [0.717, 1.165) is 26.3 Å². The Morgan fingerprint density at radius 1 is 0.436 bits per heavy atom. The fourth-order valence-corrected chi connectivity index (χ4v) is 21.4. The minimum absolute atomic E-state index is 0.00289. The normalized spacial score (nSPS) is 30.5. The van der Waals surface area contributed by atoms with Crippen LogP contribution < -0.4 is 10.6 Å². The third kappa shape index (κ3) is 17.9. The first-order chi connectivity index (χ1) is 63.1. The molecule has 6 fully saturated rings. The first-order valence-electron chi connectivity index (χ1n) is 44.1. The molecule has 31 heteroatoms. The number of carbonyl (C=O) groups is 12.